The molecule has 0 unspecified atom stereocenters. The van der Waals surface area contributed by atoms with E-state index in [1.807, 2.05) is 0 Å². The number of fused-ring (bicyclic) bond motifs is 1. The SMILES string of the molecule is C#CCNc1ncnc2c1ncn2[C@H]1O[C@@H](COS(N)(=O)=O)[C@H](O)[C@@H]1O. The molecule has 3 rings (SSSR count). The van der Waals surface area contributed by atoms with E-state index in [9.17, 15) is 18.6 Å². The van der Waals surface area contributed by atoms with Gasteiger partial charge in [-0.2, -0.15) is 8.42 Å². The second kappa shape index (κ2) is 7.11. The number of terminal acetylenes is 1. The summed E-state index contributed by atoms with van der Waals surface area (Å²) in [6, 6.07) is 0. The van der Waals surface area contributed by atoms with Gasteiger partial charge in [0, 0.05) is 0 Å². The Morgan fingerprint density at radius 3 is 2.85 bits per heavy atom. The molecular formula is C13H16N6O6S. The molecule has 5 N–H and O–H groups in total. The molecule has 12 nitrogen and oxygen atoms in total. The molecule has 0 aromatic carbocycles. The predicted octanol–water partition coefficient (Wildman–Crippen LogP) is -2.29. The normalized spacial score (nSPS) is 26.1. The van der Waals surface area contributed by atoms with Crippen molar-refractivity contribution in [2.75, 3.05) is 18.5 Å². The van der Waals surface area contributed by atoms with Crippen molar-refractivity contribution in [3.63, 3.8) is 0 Å². The zero-order chi connectivity index (χ0) is 18.9. The van der Waals surface area contributed by atoms with Crippen LogP contribution in [-0.4, -0.2) is 69.6 Å². The Morgan fingerprint density at radius 2 is 2.15 bits per heavy atom. The molecule has 1 saturated heterocycles. The minimum Gasteiger partial charge on any atom is -0.387 e. The topological polar surface area (TPSA) is 175 Å². The Morgan fingerprint density at radius 1 is 1.38 bits per heavy atom. The van der Waals surface area contributed by atoms with Gasteiger partial charge >= 0.3 is 10.3 Å². The molecule has 1 aliphatic rings. The summed E-state index contributed by atoms with van der Waals surface area (Å²) in [5, 5.41) is 28.0. The lowest BCUT2D eigenvalue weighted by molar-refractivity contribution is -0.0467. The van der Waals surface area contributed by atoms with Crippen LogP contribution in [-0.2, 0) is 19.2 Å². The van der Waals surface area contributed by atoms with E-state index in [0.29, 0.717) is 17.0 Å². The predicted molar refractivity (Wildman–Crippen MR) is 87.6 cm³/mol. The molecule has 3 heterocycles. The zero-order valence-corrected chi connectivity index (χ0v) is 14.1. The summed E-state index contributed by atoms with van der Waals surface area (Å²) in [5.41, 5.74) is 0.709. The third kappa shape index (κ3) is 3.60. The molecule has 2 aromatic rings. The van der Waals surface area contributed by atoms with Crippen molar-refractivity contribution in [2.45, 2.75) is 24.5 Å². The average molecular weight is 384 g/mol. The van der Waals surface area contributed by atoms with Crippen LogP contribution in [0.15, 0.2) is 12.7 Å². The number of aliphatic hydroxyl groups excluding tert-OH is 2. The van der Waals surface area contributed by atoms with Gasteiger partial charge in [0.05, 0.1) is 19.5 Å². The van der Waals surface area contributed by atoms with Crippen molar-refractivity contribution in [2.24, 2.45) is 5.14 Å². The van der Waals surface area contributed by atoms with E-state index in [1.165, 1.54) is 17.2 Å². The zero-order valence-electron chi connectivity index (χ0n) is 13.3. The van der Waals surface area contributed by atoms with E-state index in [4.69, 9.17) is 16.3 Å². The van der Waals surface area contributed by atoms with Gasteiger partial charge in [-0.3, -0.25) is 8.75 Å². The lowest BCUT2D eigenvalue weighted by Crippen LogP contribution is -2.35. The van der Waals surface area contributed by atoms with Crippen LogP contribution in [0, 0.1) is 12.3 Å². The number of hydrogen-bond acceptors (Lipinski definition) is 10. The Balaban J connectivity index is 1.86. The van der Waals surface area contributed by atoms with Gasteiger partial charge in [0.25, 0.3) is 0 Å². The first-order valence-corrected chi connectivity index (χ1v) is 8.82. The molecule has 0 aliphatic carbocycles. The average Bonchev–Trinajstić information content (AvgIpc) is 3.13. The van der Waals surface area contributed by atoms with Crippen LogP contribution in [0.25, 0.3) is 11.2 Å². The van der Waals surface area contributed by atoms with Gasteiger partial charge in [-0.25, -0.2) is 20.1 Å². The third-order valence-electron chi connectivity index (χ3n) is 3.72. The summed E-state index contributed by atoms with van der Waals surface area (Å²) in [7, 11) is -4.21. The molecule has 13 heteroatoms. The van der Waals surface area contributed by atoms with Crippen LogP contribution in [0.4, 0.5) is 5.82 Å². The molecule has 1 aliphatic heterocycles. The molecule has 0 spiro atoms. The summed E-state index contributed by atoms with van der Waals surface area (Å²) in [6.07, 6.45) is 2.87. The lowest BCUT2D eigenvalue weighted by Gasteiger charge is -2.16. The van der Waals surface area contributed by atoms with Crippen LogP contribution < -0.4 is 10.5 Å². The number of nitrogens with zero attached hydrogens (tertiary/aromatic N) is 4. The van der Waals surface area contributed by atoms with Crippen LogP contribution in [0.3, 0.4) is 0 Å². The maximum atomic E-state index is 10.9. The minimum absolute atomic E-state index is 0.229. The molecular weight excluding hydrogens is 368 g/mol. The van der Waals surface area contributed by atoms with Crippen molar-refractivity contribution in [1.82, 2.24) is 19.5 Å². The number of nitrogens with one attached hydrogen (secondary N) is 1. The third-order valence-corrected chi connectivity index (χ3v) is 4.19. The van der Waals surface area contributed by atoms with E-state index >= 15 is 0 Å². The van der Waals surface area contributed by atoms with Crippen molar-refractivity contribution in [1.29, 1.82) is 0 Å². The molecule has 0 saturated carbocycles. The number of hydrogen-bond donors (Lipinski definition) is 4. The second-order valence-electron chi connectivity index (χ2n) is 5.43. The quantitative estimate of drug-likeness (QED) is 0.397. The Kier molecular flexibility index (Phi) is 5.05. The fraction of sp³-hybridized carbons (Fsp3) is 0.462. The summed E-state index contributed by atoms with van der Waals surface area (Å²) in [5.74, 6) is 2.81. The molecule has 1 fully saturated rings. The van der Waals surface area contributed by atoms with Gasteiger partial charge in [-0.1, -0.05) is 5.92 Å². The van der Waals surface area contributed by atoms with Gasteiger partial charge in [0.1, 0.15) is 24.6 Å². The molecule has 26 heavy (non-hydrogen) atoms. The minimum atomic E-state index is -4.21. The van der Waals surface area contributed by atoms with Crippen molar-refractivity contribution in [3.05, 3.63) is 12.7 Å². The van der Waals surface area contributed by atoms with Gasteiger partial charge < -0.3 is 20.3 Å². The first kappa shape index (κ1) is 18.5. The highest BCUT2D eigenvalue weighted by atomic mass is 32.2. The molecule has 0 amide bonds. The van der Waals surface area contributed by atoms with Crippen molar-refractivity contribution >= 4 is 27.3 Å². The largest absolute Gasteiger partial charge is 0.387 e. The number of aliphatic hydroxyl groups is 2. The van der Waals surface area contributed by atoms with Crippen molar-refractivity contribution < 1.29 is 27.6 Å². The van der Waals surface area contributed by atoms with Crippen LogP contribution in [0.2, 0.25) is 0 Å². The molecule has 140 valence electrons. The Bertz CT molecular complexity index is 940. The van der Waals surface area contributed by atoms with Gasteiger partial charge in [0.2, 0.25) is 0 Å². The lowest BCUT2D eigenvalue weighted by atomic mass is 10.1. The maximum absolute atomic E-state index is 10.9. The fourth-order valence-corrected chi connectivity index (χ4v) is 2.88. The van der Waals surface area contributed by atoms with Crippen LogP contribution in [0.5, 0.6) is 0 Å². The number of imidazole rings is 1. The highest BCUT2D eigenvalue weighted by molar-refractivity contribution is 7.84. The second-order valence-corrected chi connectivity index (χ2v) is 6.65. The number of aromatic nitrogens is 4. The molecule has 0 bridgehead atoms. The summed E-state index contributed by atoms with van der Waals surface area (Å²) in [4.78, 5) is 12.3. The molecule has 2 aromatic heterocycles. The van der Waals surface area contributed by atoms with Crippen molar-refractivity contribution in [3.8, 4) is 12.3 Å². The Hall–Kier alpha value is -2.34. The van der Waals surface area contributed by atoms with Crippen LogP contribution in [0.1, 0.15) is 6.23 Å². The van der Waals surface area contributed by atoms with Crippen LogP contribution >= 0.6 is 0 Å². The van der Waals surface area contributed by atoms with E-state index in [1.54, 1.807) is 0 Å². The summed E-state index contributed by atoms with van der Waals surface area (Å²) in [6.45, 7) is -0.322. The Labute approximate surface area is 148 Å². The van der Waals surface area contributed by atoms with E-state index in [2.05, 4.69) is 30.4 Å². The highest BCUT2D eigenvalue weighted by Crippen LogP contribution is 2.32. The number of ether oxygens (including phenoxy) is 1. The molecule has 4 atom stereocenters. The van der Waals surface area contributed by atoms with E-state index in [-0.39, 0.29) is 6.54 Å². The first-order valence-electron chi connectivity index (χ1n) is 7.35. The monoisotopic (exact) mass is 384 g/mol. The fourth-order valence-electron chi connectivity index (χ4n) is 2.56. The van der Waals surface area contributed by atoms with E-state index < -0.39 is 41.5 Å². The van der Waals surface area contributed by atoms with Gasteiger partial charge in [-0.15, -0.1) is 6.42 Å². The number of rotatable bonds is 6. The number of anilines is 1. The first-order chi connectivity index (χ1) is 12.3. The van der Waals surface area contributed by atoms with E-state index in [0.717, 1.165) is 0 Å². The highest BCUT2D eigenvalue weighted by Gasteiger charge is 2.44. The standard InChI is InChI=1S/C13H16N6O6S/c1-2-3-15-11-8-12(17-5-16-11)19(6-18-8)13-10(21)9(20)7(25-13)4-24-26(14,22)23/h1,5-7,9-10,13,20-21H,3-4H2,(H2,14,22,23)(H,15,16,17)/t7-,9-,10-,13-/m0/s1. The van der Waals surface area contributed by atoms with Gasteiger partial charge in [0.15, 0.2) is 23.2 Å². The summed E-state index contributed by atoms with van der Waals surface area (Å²) >= 11 is 0. The summed E-state index contributed by atoms with van der Waals surface area (Å²) < 4.78 is 33.1. The molecule has 0 radical (unpaired) electrons. The number of nitrogens with two attached hydrogens (primary N) is 1. The maximum Gasteiger partial charge on any atom is 0.333 e. The van der Waals surface area contributed by atoms with Gasteiger partial charge in [-0.05, 0) is 0 Å². The smallest absolute Gasteiger partial charge is 0.333 e.